The Bertz CT molecular complexity index is 496. The Labute approximate surface area is 135 Å². The van der Waals surface area contributed by atoms with Crippen molar-refractivity contribution in [3.05, 3.63) is 24.3 Å². The number of fused-ring (bicyclic) bond motifs is 3. The van der Waals surface area contributed by atoms with Crippen molar-refractivity contribution in [2.45, 2.75) is 65.4 Å². The van der Waals surface area contributed by atoms with Gasteiger partial charge in [0.05, 0.1) is 6.10 Å². The van der Waals surface area contributed by atoms with Crippen LogP contribution in [0.4, 0.5) is 0 Å². The van der Waals surface area contributed by atoms with Crippen LogP contribution in [0.5, 0.6) is 0 Å². The molecule has 3 rings (SSSR count). The number of aliphatic hydroxyl groups is 2. The highest BCUT2D eigenvalue weighted by Gasteiger charge is 2.56. The number of allylic oxidation sites excluding steroid dienone is 1. The Morgan fingerprint density at radius 2 is 2.05 bits per heavy atom. The molecule has 0 radical (unpaired) electrons. The van der Waals surface area contributed by atoms with Gasteiger partial charge in [-0.25, -0.2) is 0 Å². The van der Waals surface area contributed by atoms with Gasteiger partial charge in [-0.15, -0.1) is 6.58 Å². The van der Waals surface area contributed by atoms with E-state index in [-0.39, 0.29) is 22.3 Å². The zero-order chi connectivity index (χ0) is 16.2. The molecule has 0 bridgehead atoms. The summed E-state index contributed by atoms with van der Waals surface area (Å²) < 4.78 is 0. The lowest BCUT2D eigenvalue weighted by Gasteiger charge is -2.60. The number of aliphatic hydroxyl groups excluding tert-OH is 2. The molecule has 0 aromatic rings. The quantitative estimate of drug-likeness (QED) is 0.755. The third-order valence-electron chi connectivity index (χ3n) is 7.54. The lowest BCUT2D eigenvalue weighted by atomic mass is 9.45. The van der Waals surface area contributed by atoms with Gasteiger partial charge in [0.15, 0.2) is 0 Å². The van der Waals surface area contributed by atoms with E-state index in [1.54, 1.807) is 0 Å². The zero-order valence-electron chi connectivity index (χ0n) is 14.4. The third kappa shape index (κ3) is 2.14. The predicted octanol–water partition coefficient (Wildman–Crippen LogP) is 4.08. The molecule has 2 fully saturated rings. The molecule has 2 N–H and O–H groups in total. The summed E-state index contributed by atoms with van der Waals surface area (Å²) in [6, 6.07) is 0. The second-order valence-electron chi connectivity index (χ2n) is 8.86. The van der Waals surface area contributed by atoms with Gasteiger partial charge in [0.2, 0.25) is 0 Å². The van der Waals surface area contributed by atoms with Crippen LogP contribution in [0.2, 0.25) is 0 Å². The number of hydrogen-bond donors (Lipinski definition) is 2. The van der Waals surface area contributed by atoms with Crippen molar-refractivity contribution < 1.29 is 10.2 Å². The topological polar surface area (TPSA) is 40.5 Å². The summed E-state index contributed by atoms with van der Waals surface area (Å²) in [4.78, 5) is 0. The lowest BCUT2D eigenvalue weighted by molar-refractivity contribution is -0.100. The number of hydrogen-bond acceptors (Lipinski definition) is 2. The van der Waals surface area contributed by atoms with Gasteiger partial charge >= 0.3 is 0 Å². The Morgan fingerprint density at radius 1 is 1.32 bits per heavy atom. The molecule has 2 nitrogen and oxygen atoms in total. The van der Waals surface area contributed by atoms with E-state index in [0.717, 1.165) is 19.3 Å². The van der Waals surface area contributed by atoms with Gasteiger partial charge in [0.1, 0.15) is 0 Å². The predicted molar refractivity (Wildman–Crippen MR) is 90.4 cm³/mol. The average molecular weight is 304 g/mol. The molecule has 0 aromatic heterocycles. The van der Waals surface area contributed by atoms with Gasteiger partial charge < -0.3 is 10.2 Å². The van der Waals surface area contributed by atoms with Crippen LogP contribution in [0.25, 0.3) is 0 Å². The Kier molecular flexibility index (Phi) is 3.85. The molecule has 3 aliphatic rings. The normalized spacial score (nSPS) is 51.5. The monoisotopic (exact) mass is 304 g/mol. The van der Waals surface area contributed by atoms with Gasteiger partial charge in [0.25, 0.3) is 0 Å². The van der Waals surface area contributed by atoms with Crippen molar-refractivity contribution in [3.8, 4) is 0 Å². The molecule has 0 heterocycles. The minimum Gasteiger partial charge on any atom is -0.396 e. The van der Waals surface area contributed by atoms with Crippen LogP contribution in [0.1, 0.15) is 59.3 Å². The first-order chi connectivity index (χ1) is 10.3. The van der Waals surface area contributed by atoms with Gasteiger partial charge in [-0.2, -0.15) is 0 Å². The van der Waals surface area contributed by atoms with E-state index in [1.165, 1.54) is 24.8 Å². The summed E-state index contributed by atoms with van der Waals surface area (Å²) in [6.07, 6.45) is 10.6. The molecule has 0 aromatic carbocycles. The van der Waals surface area contributed by atoms with Crippen LogP contribution in [0.15, 0.2) is 24.3 Å². The van der Waals surface area contributed by atoms with E-state index >= 15 is 0 Å². The van der Waals surface area contributed by atoms with Crippen LogP contribution in [0.3, 0.4) is 0 Å². The fourth-order valence-electron chi connectivity index (χ4n) is 5.97. The first-order valence-electron chi connectivity index (χ1n) is 8.93. The first-order valence-corrected chi connectivity index (χ1v) is 8.93. The minimum absolute atomic E-state index is 0.0582. The van der Waals surface area contributed by atoms with E-state index in [4.69, 9.17) is 0 Å². The van der Waals surface area contributed by atoms with Crippen molar-refractivity contribution in [1.29, 1.82) is 0 Å². The van der Waals surface area contributed by atoms with Crippen LogP contribution in [-0.2, 0) is 0 Å². The maximum Gasteiger partial charge on any atom is 0.0668 e. The summed E-state index contributed by atoms with van der Waals surface area (Å²) in [5.74, 6) is 1.04. The van der Waals surface area contributed by atoms with Crippen LogP contribution in [0, 0.1) is 28.1 Å². The average Bonchev–Trinajstić information content (AvgIpc) is 2.49. The van der Waals surface area contributed by atoms with Crippen molar-refractivity contribution in [2.75, 3.05) is 6.61 Å². The molecule has 2 heteroatoms. The lowest BCUT2D eigenvalue weighted by Crippen LogP contribution is -2.54. The second kappa shape index (κ2) is 5.21. The van der Waals surface area contributed by atoms with E-state index in [9.17, 15) is 10.2 Å². The molecular weight excluding hydrogens is 272 g/mol. The molecular formula is C20H32O2. The smallest absolute Gasteiger partial charge is 0.0668 e. The molecule has 0 amide bonds. The molecule has 0 aliphatic heterocycles. The second-order valence-corrected chi connectivity index (χ2v) is 8.86. The number of rotatable bonds is 2. The SMILES string of the molecule is C=C[C@]1(C)C=C2CC[C@H]3[C@@](C)(CO)CCC[C@]3(C)[C@H]2C[C@@H]1O. The van der Waals surface area contributed by atoms with Gasteiger partial charge in [-0.05, 0) is 54.8 Å². The van der Waals surface area contributed by atoms with Crippen molar-refractivity contribution >= 4 is 0 Å². The summed E-state index contributed by atoms with van der Waals surface area (Å²) >= 11 is 0. The highest BCUT2D eigenvalue weighted by atomic mass is 16.3. The van der Waals surface area contributed by atoms with Gasteiger partial charge in [-0.3, -0.25) is 0 Å². The maximum atomic E-state index is 10.7. The largest absolute Gasteiger partial charge is 0.396 e. The molecule has 22 heavy (non-hydrogen) atoms. The first kappa shape index (κ1) is 16.3. The molecule has 0 spiro atoms. The molecule has 124 valence electrons. The van der Waals surface area contributed by atoms with Crippen molar-refractivity contribution in [2.24, 2.45) is 28.1 Å². The Hall–Kier alpha value is -0.600. The summed E-state index contributed by atoms with van der Waals surface area (Å²) in [5, 5.41) is 20.7. The van der Waals surface area contributed by atoms with Gasteiger partial charge in [0, 0.05) is 12.0 Å². The van der Waals surface area contributed by atoms with Gasteiger partial charge in [-0.1, -0.05) is 44.9 Å². The van der Waals surface area contributed by atoms with Crippen molar-refractivity contribution in [1.82, 2.24) is 0 Å². The zero-order valence-corrected chi connectivity index (χ0v) is 14.4. The Balaban J connectivity index is 2.00. The molecule has 0 unspecified atom stereocenters. The highest BCUT2D eigenvalue weighted by molar-refractivity contribution is 5.28. The minimum atomic E-state index is -0.336. The standard InChI is InChI=1S/C20H32O2/c1-5-18(2)12-14-7-8-16-19(3,13-21)9-6-10-20(16,4)15(14)11-17(18)22/h5,12,15-17,21-22H,1,6-11,13H2,2-4H3/t15-,16-,17-,18+,19+,20+/m0/s1. The summed E-state index contributed by atoms with van der Waals surface area (Å²) in [7, 11) is 0. The molecule has 2 saturated carbocycles. The van der Waals surface area contributed by atoms with Crippen LogP contribution < -0.4 is 0 Å². The summed E-state index contributed by atoms with van der Waals surface area (Å²) in [5.41, 5.74) is 1.55. The van der Waals surface area contributed by atoms with E-state index in [1.807, 2.05) is 6.08 Å². The summed E-state index contributed by atoms with van der Waals surface area (Å²) in [6.45, 7) is 11.0. The fraction of sp³-hybridized carbons (Fsp3) is 0.800. The molecule has 0 saturated heterocycles. The highest BCUT2D eigenvalue weighted by Crippen LogP contribution is 2.63. The van der Waals surface area contributed by atoms with E-state index in [2.05, 4.69) is 33.4 Å². The molecule has 3 aliphatic carbocycles. The van der Waals surface area contributed by atoms with E-state index < -0.39 is 0 Å². The van der Waals surface area contributed by atoms with E-state index in [0.29, 0.717) is 18.4 Å². The van der Waals surface area contributed by atoms with Crippen LogP contribution >= 0.6 is 0 Å². The Morgan fingerprint density at radius 3 is 2.68 bits per heavy atom. The maximum absolute atomic E-state index is 10.7. The fourth-order valence-corrected chi connectivity index (χ4v) is 5.97. The third-order valence-corrected chi connectivity index (χ3v) is 7.54. The van der Waals surface area contributed by atoms with Crippen molar-refractivity contribution in [3.63, 3.8) is 0 Å². The van der Waals surface area contributed by atoms with Crippen LogP contribution in [-0.4, -0.2) is 22.9 Å². The molecule has 6 atom stereocenters.